The predicted octanol–water partition coefficient (Wildman–Crippen LogP) is 4.23. The molecular weight excluding hydrogens is 330 g/mol. The number of rotatable bonds is 7. The number of hydrogen-bond donors (Lipinski definition) is 2. The fraction of sp³-hybridized carbons (Fsp3) is 0.714. The standard InChI is InChI=1S/C21H35NO2S/c1-5-17-12-9-13-19(23)20(17)18(22-25(24)21(2,3)4)15-14-16-10-7-6-8-11-16/h6-8,10-11,17-20,22-23H,5,9,12-15H2,1-4H3/t17-,18+,19+,20-,25-/m1/s1. The predicted molar refractivity (Wildman–Crippen MR) is 107 cm³/mol. The summed E-state index contributed by atoms with van der Waals surface area (Å²) in [4.78, 5) is 0. The fourth-order valence-electron chi connectivity index (χ4n) is 3.97. The van der Waals surface area contributed by atoms with Crippen molar-refractivity contribution in [3.05, 3.63) is 35.9 Å². The number of aliphatic hydroxyl groups excluding tert-OH is 1. The van der Waals surface area contributed by atoms with Crippen LogP contribution in [0.5, 0.6) is 0 Å². The largest absolute Gasteiger partial charge is 0.393 e. The van der Waals surface area contributed by atoms with Crippen LogP contribution in [0.2, 0.25) is 0 Å². The second-order valence-electron chi connectivity index (χ2n) is 8.37. The van der Waals surface area contributed by atoms with E-state index in [-0.39, 0.29) is 22.8 Å². The zero-order valence-corrected chi connectivity index (χ0v) is 17.0. The van der Waals surface area contributed by atoms with Crippen LogP contribution in [0.15, 0.2) is 30.3 Å². The third kappa shape index (κ3) is 5.90. The summed E-state index contributed by atoms with van der Waals surface area (Å²) in [6.45, 7) is 8.21. The van der Waals surface area contributed by atoms with Crippen LogP contribution < -0.4 is 4.72 Å². The van der Waals surface area contributed by atoms with Crippen molar-refractivity contribution in [1.29, 1.82) is 0 Å². The molecule has 2 rings (SSSR count). The Labute approximate surface area is 156 Å². The van der Waals surface area contributed by atoms with Gasteiger partial charge in [-0.3, -0.25) is 0 Å². The van der Waals surface area contributed by atoms with Gasteiger partial charge in [0, 0.05) is 12.0 Å². The zero-order valence-electron chi connectivity index (χ0n) is 16.2. The average molecular weight is 366 g/mol. The molecule has 3 nitrogen and oxygen atoms in total. The molecule has 0 aliphatic heterocycles. The minimum Gasteiger partial charge on any atom is -0.393 e. The first kappa shape index (κ1) is 20.6. The minimum absolute atomic E-state index is 0.0838. The monoisotopic (exact) mass is 365 g/mol. The number of benzene rings is 1. The molecule has 0 heterocycles. The van der Waals surface area contributed by atoms with Crippen LogP contribution in [0, 0.1) is 11.8 Å². The third-order valence-electron chi connectivity index (χ3n) is 5.45. The first-order valence-corrected chi connectivity index (χ1v) is 10.9. The molecule has 1 aliphatic carbocycles. The van der Waals surface area contributed by atoms with Crippen LogP contribution in [0.3, 0.4) is 0 Å². The van der Waals surface area contributed by atoms with Crippen LogP contribution in [-0.4, -0.2) is 26.2 Å². The topological polar surface area (TPSA) is 49.3 Å². The van der Waals surface area contributed by atoms with Gasteiger partial charge in [0.15, 0.2) is 0 Å². The zero-order chi connectivity index (χ0) is 18.4. The number of aliphatic hydroxyl groups is 1. The maximum atomic E-state index is 12.7. The van der Waals surface area contributed by atoms with Gasteiger partial charge in [-0.2, -0.15) is 0 Å². The van der Waals surface area contributed by atoms with Gasteiger partial charge in [0.2, 0.25) is 0 Å². The molecule has 0 aromatic heterocycles. The van der Waals surface area contributed by atoms with Gasteiger partial charge in [0.25, 0.3) is 0 Å². The normalized spacial score (nSPS) is 27.0. The molecule has 0 spiro atoms. The van der Waals surface area contributed by atoms with E-state index < -0.39 is 11.0 Å². The van der Waals surface area contributed by atoms with Gasteiger partial charge in [-0.25, -0.2) is 8.93 Å². The summed E-state index contributed by atoms with van der Waals surface area (Å²) in [5, 5.41) is 10.7. The van der Waals surface area contributed by atoms with E-state index in [1.807, 2.05) is 26.8 Å². The molecule has 0 unspecified atom stereocenters. The molecule has 5 atom stereocenters. The van der Waals surface area contributed by atoms with Crippen LogP contribution in [0.25, 0.3) is 0 Å². The van der Waals surface area contributed by atoms with Gasteiger partial charge < -0.3 is 5.11 Å². The summed E-state index contributed by atoms with van der Waals surface area (Å²) in [6.07, 6.45) is 5.78. The highest BCUT2D eigenvalue weighted by atomic mass is 32.2. The molecule has 1 aliphatic rings. The Morgan fingerprint density at radius 1 is 1.24 bits per heavy atom. The Kier molecular flexibility index (Phi) is 7.66. The summed E-state index contributed by atoms with van der Waals surface area (Å²) >= 11 is 0. The lowest BCUT2D eigenvalue weighted by Gasteiger charge is -2.41. The summed E-state index contributed by atoms with van der Waals surface area (Å²) in [7, 11) is -1.12. The Balaban J connectivity index is 2.16. The molecule has 0 radical (unpaired) electrons. The third-order valence-corrected chi connectivity index (χ3v) is 7.08. The van der Waals surface area contributed by atoms with E-state index in [9.17, 15) is 9.32 Å². The van der Waals surface area contributed by atoms with E-state index in [4.69, 9.17) is 0 Å². The second-order valence-corrected chi connectivity index (χ2v) is 10.4. The van der Waals surface area contributed by atoms with E-state index in [0.29, 0.717) is 5.92 Å². The molecular formula is C21H35NO2S. The molecule has 142 valence electrons. The molecule has 1 aromatic rings. The molecule has 0 bridgehead atoms. The van der Waals surface area contributed by atoms with Crippen molar-refractivity contribution in [2.45, 2.75) is 83.1 Å². The highest BCUT2D eigenvalue weighted by Crippen LogP contribution is 2.36. The van der Waals surface area contributed by atoms with Crippen molar-refractivity contribution in [3.8, 4) is 0 Å². The maximum absolute atomic E-state index is 12.7. The smallest absolute Gasteiger partial charge is 0.0972 e. The van der Waals surface area contributed by atoms with Crippen LogP contribution >= 0.6 is 0 Å². The average Bonchev–Trinajstić information content (AvgIpc) is 2.58. The molecule has 1 fully saturated rings. The number of hydrogen-bond acceptors (Lipinski definition) is 2. The molecule has 1 saturated carbocycles. The SMILES string of the molecule is CC[C@@H]1CCC[C@H](O)[C@H]1[C@H](CCc1ccccc1)N[S@](=O)C(C)(C)C. The quantitative estimate of drug-likeness (QED) is 0.760. The first-order valence-electron chi connectivity index (χ1n) is 9.73. The molecule has 2 N–H and O–H groups in total. The van der Waals surface area contributed by atoms with Crippen LogP contribution in [0.1, 0.15) is 65.4 Å². The minimum atomic E-state index is -1.12. The number of aryl methyl sites for hydroxylation is 1. The Morgan fingerprint density at radius 3 is 2.52 bits per heavy atom. The maximum Gasteiger partial charge on any atom is 0.0972 e. The van der Waals surface area contributed by atoms with E-state index in [0.717, 1.165) is 32.1 Å². The van der Waals surface area contributed by atoms with E-state index in [1.165, 1.54) is 12.0 Å². The van der Waals surface area contributed by atoms with Crippen LogP contribution in [-0.2, 0) is 17.4 Å². The van der Waals surface area contributed by atoms with E-state index >= 15 is 0 Å². The van der Waals surface area contributed by atoms with Crippen molar-refractivity contribution < 1.29 is 9.32 Å². The van der Waals surface area contributed by atoms with Crippen molar-refractivity contribution >= 4 is 11.0 Å². The molecule has 25 heavy (non-hydrogen) atoms. The fourth-order valence-corrected chi connectivity index (χ4v) is 4.88. The first-order chi connectivity index (χ1) is 11.8. The molecule has 1 aromatic carbocycles. The highest BCUT2D eigenvalue weighted by Gasteiger charge is 2.38. The molecule has 0 saturated heterocycles. The van der Waals surface area contributed by atoms with Gasteiger partial charge in [-0.05, 0) is 57.9 Å². The highest BCUT2D eigenvalue weighted by molar-refractivity contribution is 7.84. The van der Waals surface area contributed by atoms with Gasteiger partial charge in [-0.1, -0.05) is 50.1 Å². The van der Waals surface area contributed by atoms with Crippen molar-refractivity contribution in [2.24, 2.45) is 11.8 Å². The van der Waals surface area contributed by atoms with Crippen LogP contribution in [0.4, 0.5) is 0 Å². The molecule has 0 amide bonds. The number of nitrogens with one attached hydrogen (secondary N) is 1. The Morgan fingerprint density at radius 2 is 1.92 bits per heavy atom. The second kappa shape index (κ2) is 9.29. The summed E-state index contributed by atoms with van der Waals surface area (Å²) in [5.74, 6) is 0.697. The Hall–Kier alpha value is -0.710. The Bertz CT molecular complexity index is 541. The van der Waals surface area contributed by atoms with Gasteiger partial charge in [0.1, 0.15) is 0 Å². The van der Waals surface area contributed by atoms with E-state index in [1.54, 1.807) is 0 Å². The van der Waals surface area contributed by atoms with Gasteiger partial charge in [0.05, 0.1) is 21.8 Å². The van der Waals surface area contributed by atoms with Gasteiger partial charge in [-0.15, -0.1) is 0 Å². The summed E-state index contributed by atoms with van der Waals surface area (Å²) in [5.41, 5.74) is 1.30. The van der Waals surface area contributed by atoms with E-state index in [2.05, 4.69) is 35.9 Å². The van der Waals surface area contributed by atoms with Gasteiger partial charge >= 0.3 is 0 Å². The molecule has 4 heteroatoms. The van der Waals surface area contributed by atoms with Crippen molar-refractivity contribution in [1.82, 2.24) is 4.72 Å². The summed E-state index contributed by atoms with van der Waals surface area (Å²) in [6, 6.07) is 10.5. The summed E-state index contributed by atoms with van der Waals surface area (Å²) < 4.78 is 15.9. The van der Waals surface area contributed by atoms with Crippen molar-refractivity contribution in [3.63, 3.8) is 0 Å². The lowest BCUT2D eigenvalue weighted by atomic mass is 9.71. The lowest BCUT2D eigenvalue weighted by Crippen LogP contribution is -2.50. The van der Waals surface area contributed by atoms with Crippen molar-refractivity contribution in [2.75, 3.05) is 0 Å². The lowest BCUT2D eigenvalue weighted by molar-refractivity contribution is 0.0123.